The van der Waals surface area contributed by atoms with Gasteiger partial charge in [-0.25, -0.2) is 0 Å². The van der Waals surface area contributed by atoms with E-state index in [9.17, 15) is 0 Å². The second-order valence-corrected chi connectivity index (χ2v) is 14.7. The molecule has 0 N–H and O–H groups in total. The minimum Gasteiger partial charge on any atom is -0.374 e. The first-order valence-corrected chi connectivity index (χ1v) is 19.8. The summed E-state index contributed by atoms with van der Waals surface area (Å²) >= 11 is 0. The lowest BCUT2D eigenvalue weighted by molar-refractivity contribution is -0.387. The third kappa shape index (κ3) is 9.03. The molecule has 0 radical (unpaired) electrons. The Morgan fingerprint density at radius 3 is 1.59 bits per heavy atom. The standard InChI is InChI=1S/C50H50O6/c1-2-37-23-25-38(26-24-37)29-43-27-28-44-35-55-50(45(44)30-43)49(54-34-42-21-13-6-14-22-42)48(53-33-41-19-11-5-12-20-41)47(52-32-40-17-9-4-10-18-40)46(56-50)36-51-31-39-15-7-3-8-16-39/h3-28,30,46-49H,2,29,31-36H2,1H3/t46-,47-,48+,49-,50+/m1/s1. The van der Waals surface area contributed by atoms with Crippen molar-refractivity contribution in [2.24, 2.45) is 0 Å². The minimum atomic E-state index is -1.29. The molecule has 1 saturated heterocycles. The Morgan fingerprint density at radius 2 is 1.02 bits per heavy atom. The lowest BCUT2D eigenvalue weighted by atomic mass is 9.85. The number of rotatable bonds is 16. The van der Waals surface area contributed by atoms with Gasteiger partial charge in [0.1, 0.15) is 24.4 Å². The van der Waals surface area contributed by atoms with Crippen LogP contribution in [-0.4, -0.2) is 31.0 Å². The molecule has 0 bridgehead atoms. The molecule has 286 valence electrons. The highest BCUT2D eigenvalue weighted by molar-refractivity contribution is 5.41. The van der Waals surface area contributed by atoms with Crippen molar-refractivity contribution < 1.29 is 28.4 Å². The van der Waals surface area contributed by atoms with Crippen molar-refractivity contribution in [3.05, 3.63) is 214 Å². The second kappa shape index (κ2) is 18.4. The van der Waals surface area contributed by atoms with Crippen molar-refractivity contribution in [1.82, 2.24) is 0 Å². The fraction of sp³-hybridized carbons (Fsp3) is 0.280. The Balaban J connectivity index is 1.19. The first-order valence-electron chi connectivity index (χ1n) is 19.8. The van der Waals surface area contributed by atoms with Gasteiger partial charge in [-0.05, 0) is 63.4 Å². The molecule has 6 aromatic rings. The van der Waals surface area contributed by atoms with E-state index >= 15 is 0 Å². The number of hydrogen-bond donors (Lipinski definition) is 0. The van der Waals surface area contributed by atoms with E-state index in [-0.39, 0.29) is 6.61 Å². The first kappa shape index (κ1) is 38.0. The van der Waals surface area contributed by atoms with Gasteiger partial charge in [0.05, 0.1) is 39.6 Å². The van der Waals surface area contributed by atoms with Crippen LogP contribution in [0, 0.1) is 0 Å². The number of benzene rings is 6. The maximum Gasteiger partial charge on any atom is 0.225 e. The van der Waals surface area contributed by atoms with Crippen molar-refractivity contribution >= 4 is 0 Å². The minimum absolute atomic E-state index is 0.259. The van der Waals surface area contributed by atoms with Gasteiger partial charge in [0.15, 0.2) is 0 Å². The summed E-state index contributed by atoms with van der Waals surface area (Å²) in [6.07, 6.45) is -0.621. The number of fused-ring (bicyclic) bond motifs is 2. The van der Waals surface area contributed by atoms with Crippen LogP contribution in [0.4, 0.5) is 0 Å². The zero-order chi connectivity index (χ0) is 38.0. The van der Waals surface area contributed by atoms with E-state index < -0.39 is 30.2 Å². The van der Waals surface area contributed by atoms with Gasteiger partial charge < -0.3 is 28.4 Å². The Labute approximate surface area is 330 Å². The molecule has 5 atom stereocenters. The monoisotopic (exact) mass is 746 g/mol. The van der Waals surface area contributed by atoms with Crippen LogP contribution in [0.2, 0.25) is 0 Å². The van der Waals surface area contributed by atoms with Gasteiger partial charge in [0.25, 0.3) is 0 Å². The summed E-state index contributed by atoms with van der Waals surface area (Å²) in [4.78, 5) is 0. The number of hydrogen-bond acceptors (Lipinski definition) is 6. The molecule has 0 unspecified atom stereocenters. The van der Waals surface area contributed by atoms with E-state index in [2.05, 4.69) is 97.9 Å². The summed E-state index contributed by atoms with van der Waals surface area (Å²) in [5, 5.41) is 0. The topological polar surface area (TPSA) is 55.4 Å². The van der Waals surface area contributed by atoms with E-state index in [0.29, 0.717) is 33.0 Å². The Hall–Kier alpha value is -4.92. The smallest absolute Gasteiger partial charge is 0.225 e. The summed E-state index contributed by atoms with van der Waals surface area (Å²) in [6, 6.07) is 56.4. The SMILES string of the molecule is CCc1ccc(Cc2ccc3c(c2)[C@]2(OC3)O[C@H](COCc3ccccc3)[C@@H](OCc3ccccc3)[C@H](OCc3ccccc3)[C@H]2OCc2ccccc2)cc1. The molecule has 0 aliphatic carbocycles. The van der Waals surface area contributed by atoms with E-state index in [4.69, 9.17) is 28.4 Å². The van der Waals surface area contributed by atoms with Crippen molar-refractivity contribution in [2.45, 2.75) is 83.0 Å². The summed E-state index contributed by atoms with van der Waals surface area (Å²) in [6.45, 7) is 4.32. The summed E-state index contributed by atoms with van der Waals surface area (Å²) in [5.74, 6) is -1.29. The summed E-state index contributed by atoms with van der Waals surface area (Å²) < 4.78 is 41.8. The van der Waals surface area contributed by atoms with Crippen molar-refractivity contribution in [2.75, 3.05) is 6.61 Å². The average Bonchev–Trinajstić information content (AvgIpc) is 3.61. The van der Waals surface area contributed by atoms with Gasteiger partial charge in [0.2, 0.25) is 5.79 Å². The predicted molar refractivity (Wildman–Crippen MR) is 218 cm³/mol. The van der Waals surface area contributed by atoms with Crippen LogP contribution in [0.25, 0.3) is 0 Å². The molecule has 1 fully saturated rings. The zero-order valence-corrected chi connectivity index (χ0v) is 32.0. The third-order valence-corrected chi connectivity index (χ3v) is 10.8. The van der Waals surface area contributed by atoms with Gasteiger partial charge in [0, 0.05) is 5.56 Å². The highest BCUT2D eigenvalue weighted by atomic mass is 16.7. The fourth-order valence-corrected chi connectivity index (χ4v) is 7.75. The zero-order valence-electron chi connectivity index (χ0n) is 32.0. The molecular weight excluding hydrogens is 697 g/mol. The largest absolute Gasteiger partial charge is 0.374 e. The molecule has 6 nitrogen and oxygen atoms in total. The molecule has 2 aliphatic heterocycles. The van der Waals surface area contributed by atoms with Crippen molar-refractivity contribution in [1.29, 1.82) is 0 Å². The van der Waals surface area contributed by atoms with E-state index in [1.54, 1.807) is 0 Å². The quantitative estimate of drug-likeness (QED) is 0.0984. The maximum atomic E-state index is 7.34. The number of ether oxygens (including phenoxy) is 6. The molecule has 0 aromatic heterocycles. The molecule has 2 aliphatic rings. The van der Waals surface area contributed by atoms with Crippen LogP contribution in [0.1, 0.15) is 57.0 Å². The van der Waals surface area contributed by atoms with Gasteiger partial charge in [-0.3, -0.25) is 0 Å². The predicted octanol–water partition coefficient (Wildman–Crippen LogP) is 9.89. The number of aryl methyl sites for hydroxylation is 1. The maximum absolute atomic E-state index is 7.34. The molecule has 0 amide bonds. The molecule has 56 heavy (non-hydrogen) atoms. The normalized spacial score (nSPS) is 21.6. The van der Waals surface area contributed by atoms with Crippen LogP contribution < -0.4 is 0 Å². The molecule has 6 aromatic carbocycles. The highest BCUT2D eigenvalue weighted by Crippen LogP contribution is 2.49. The third-order valence-electron chi connectivity index (χ3n) is 10.8. The van der Waals surface area contributed by atoms with Crippen molar-refractivity contribution in [3.8, 4) is 0 Å². The van der Waals surface area contributed by atoms with Crippen LogP contribution in [0.5, 0.6) is 0 Å². The Morgan fingerprint density at radius 1 is 0.518 bits per heavy atom. The average molecular weight is 747 g/mol. The van der Waals surface area contributed by atoms with E-state index in [1.165, 1.54) is 16.7 Å². The Bertz CT molecular complexity index is 2090. The highest BCUT2D eigenvalue weighted by Gasteiger charge is 2.61. The Kier molecular flexibility index (Phi) is 12.4. The second-order valence-electron chi connectivity index (χ2n) is 14.7. The lowest BCUT2D eigenvalue weighted by Gasteiger charge is -2.51. The molecule has 2 heterocycles. The fourth-order valence-electron chi connectivity index (χ4n) is 7.75. The molecule has 6 heteroatoms. The lowest BCUT2D eigenvalue weighted by Crippen LogP contribution is -2.65. The molecule has 1 spiro atoms. The van der Waals surface area contributed by atoms with Crippen LogP contribution in [0.15, 0.2) is 164 Å². The van der Waals surface area contributed by atoms with Gasteiger partial charge >= 0.3 is 0 Å². The van der Waals surface area contributed by atoms with Gasteiger partial charge in [-0.1, -0.05) is 165 Å². The van der Waals surface area contributed by atoms with E-state index in [1.807, 2.05) is 72.8 Å². The molecular formula is C50H50O6. The van der Waals surface area contributed by atoms with E-state index in [0.717, 1.165) is 46.2 Å². The molecule has 8 rings (SSSR count). The first-order chi connectivity index (χ1) is 27.7. The van der Waals surface area contributed by atoms with Crippen LogP contribution in [-0.2, 0) is 80.1 Å². The van der Waals surface area contributed by atoms with Gasteiger partial charge in [-0.2, -0.15) is 0 Å². The van der Waals surface area contributed by atoms with Crippen molar-refractivity contribution in [3.63, 3.8) is 0 Å². The van der Waals surface area contributed by atoms with Gasteiger partial charge in [-0.15, -0.1) is 0 Å². The molecule has 0 saturated carbocycles. The summed E-state index contributed by atoms with van der Waals surface area (Å²) in [7, 11) is 0. The summed E-state index contributed by atoms with van der Waals surface area (Å²) in [5.41, 5.74) is 10.0. The van der Waals surface area contributed by atoms with Crippen LogP contribution >= 0.6 is 0 Å². The van der Waals surface area contributed by atoms with Crippen LogP contribution in [0.3, 0.4) is 0 Å².